The number of carbonyl (C=O) groups is 1. The minimum Gasteiger partial charge on any atom is -0.481 e. The Bertz CT molecular complexity index is 1340. The number of H-pyrrole nitrogens is 1. The van der Waals surface area contributed by atoms with E-state index in [1.165, 1.54) is 12.1 Å². The Kier molecular flexibility index (Phi) is 5.93. The highest BCUT2D eigenvalue weighted by Crippen LogP contribution is 2.35. The number of hydrogen-bond donors (Lipinski definition) is 3. The van der Waals surface area contributed by atoms with E-state index < -0.39 is 17.7 Å². The van der Waals surface area contributed by atoms with Crippen molar-refractivity contribution in [3.63, 3.8) is 0 Å². The lowest BCUT2D eigenvalue weighted by Gasteiger charge is -2.33. The van der Waals surface area contributed by atoms with E-state index in [0.717, 1.165) is 5.69 Å². The smallest absolute Gasteiger partial charge is 0.314 e. The van der Waals surface area contributed by atoms with Crippen LogP contribution in [0, 0.1) is 11.2 Å². The van der Waals surface area contributed by atoms with Crippen LogP contribution < -0.4 is 5.32 Å². The summed E-state index contributed by atoms with van der Waals surface area (Å²) in [4.78, 5) is 32.3. The minimum absolute atomic E-state index is 0.0401. The second kappa shape index (κ2) is 9.20. The SMILES string of the molecule is CC1(C(=O)O)COC(c2nc(-c3ccc(F)cc3)c(-c3ccnc(Nc4cccnc4)n3)[nH]2)OC1. The number of imidazole rings is 1. The summed E-state index contributed by atoms with van der Waals surface area (Å²) in [7, 11) is 0. The fraction of sp³-hybridized carbons (Fsp3) is 0.208. The molecule has 1 aromatic carbocycles. The summed E-state index contributed by atoms with van der Waals surface area (Å²) in [5, 5.41) is 12.5. The number of pyridine rings is 1. The molecular formula is C24H21FN6O4. The maximum Gasteiger partial charge on any atom is 0.314 e. The summed E-state index contributed by atoms with van der Waals surface area (Å²) >= 11 is 0. The van der Waals surface area contributed by atoms with Crippen LogP contribution in [0.2, 0.25) is 0 Å². The van der Waals surface area contributed by atoms with E-state index in [1.807, 2.05) is 6.07 Å². The molecule has 0 saturated carbocycles. The molecule has 3 aromatic heterocycles. The van der Waals surface area contributed by atoms with Gasteiger partial charge in [0.05, 0.1) is 42.2 Å². The Morgan fingerprint density at radius 3 is 2.60 bits per heavy atom. The molecule has 0 radical (unpaired) electrons. The van der Waals surface area contributed by atoms with Crippen molar-refractivity contribution in [3.05, 3.63) is 72.7 Å². The van der Waals surface area contributed by atoms with Crippen molar-refractivity contribution in [2.75, 3.05) is 18.5 Å². The molecular weight excluding hydrogens is 455 g/mol. The summed E-state index contributed by atoms with van der Waals surface area (Å²) in [6, 6.07) is 11.2. The summed E-state index contributed by atoms with van der Waals surface area (Å²) in [6.45, 7) is 1.48. The van der Waals surface area contributed by atoms with Gasteiger partial charge in [0.1, 0.15) is 11.2 Å². The molecule has 0 amide bonds. The van der Waals surface area contributed by atoms with Gasteiger partial charge < -0.3 is 24.9 Å². The van der Waals surface area contributed by atoms with E-state index >= 15 is 0 Å². The fourth-order valence-electron chi connectivity index (χ4n) is 3.52. The Hall–Kier alpha value is -4.22. The second-order valence-corrected chi connectivity index (χ2v) is 8.30. The van der Waals surface area contributed by atoms with Crippen molar-refractivity contribution < 1.29 is 23.8 Å². The van der Waals surface area contributed by atoms with Crippen molar-refractivity contribution in [1.29, 1.82) is 0 Å². The minimum atomic E-state index is -1.15. The number of carboxylic acids is 1. The van der Waals surface area contributed by atoms with E-state index in [2.05, 4.69) is 30.2 Å². The molecule has 10 nitrogen and oxygen atoms in total. The molecule has 3 N–H and O–H groups in total. The molecule has 35 heavy (non-hydrogen) atoms. The number of hydrogen-bond acceptors (Lipinski definition) is 8. The maximum atomic E-state index is 13.6. The normalized spacial score (nSPS) is 19.9. The van der Waals surface area contributed by atoms with Crippen LogP contribution in [0.3, 0.4) is 0 Å². The molecule has 1 saturated heterocycles. The van der Waals surface area contributed by atoms with Gasteiger partial charge in [-0.15, -0.1) is 0 Å². The predicted molar refractivity (Wildman–Crippen MR) is 123 cm³/mol. The molecule has 4 aromatic rings. The van der Waals surface area contributed by atoms with Gasteiger partial charge in [-0.1, -0.05) is 0 Å². The Morgan fingerprint density at radius 1 is 1.14 bits per heavy atom. The van der Waals surface area contributed by atoms with Crippen molar-refractivity contribution in [3.8, 4) is 22.6 Å². The van der Waals surface area contributed by atoms with Crippen LogP contribution in [0.1, 0.15) is 19.0 Å². The van der Waals surface area contributed by atoms with Crippen molar-refractivity contribution in [2.24, 2.45) is 5.41 Å². The third-order valence-corrected chi connectivity index (χ3v) is 5.52. The van der Waals surface area contributed by atoms with Gasteiger partial charge >= 0.3 is 5.97 Å². The van der Waals surface area contributed by atoms with Crippen LogP contribution >= 0.6 is 0 Å². The lowest BCUT2D eigenvalue weighted by atomic mass is 9.92. The van der Waals surface area contributed by atoms with E-state index in [9.17, 15) is 14.3 Å². The van der Waals surface area contributed by atoms with Gasteiger partial charge in [0.15, 0.2) is 5.82 Å². The molecule has 0 aliphatic carbocycles. The standard InChI is InChI=1S/C24H21FN6O4/c1-24(22(32)33)12-34-21(35-13-24)20-30-18(14-4-6-15(25)7-5-14)19(31-20)17-8-10-27-23(29-17)28-16-3-2-9-26-11-16/h2-11,21H,12-13H2,1H3,(H,30,31)(H,32,33)(H,27,28,29). The molecule has 0 bridgehead atoms. The Labute approximate surface area is 199 Å². The first-order valence-electron chi connectivity index (χ1n) is 10.7. The topological polar surface area (TPSA) is 135 Å². The van der Waals surface area contributed by atoms with E-state index in [1.54, 1.807) is 49.8 Å². The molecule has 4 heterocycles. The number of aliphatic carboxylic acids is 1. The molecule has 0 unspecified atom stereocenters. The average molecular weight is 476 g/mol. The molecule has 1 aliphatic rings. The first kappa shape index (κ1) is 22.6. The second-order valence-electron chi connectivity index (χ2n) is 8.30. The third kappa shape index (κ3) is 4.72. The average Bonchev–Trinajstić information content (AvgIpc) is 3.31. The van der Waals surface area contributed by atoms with Gasteiger partial charge in [-0.3, -0.25) is 9.78 Å². The molecule has 1 aliphatic heterocycles. The van der Waals surface area contributed by atoms with Gasteiger partial charge in [0.2, 0.25) is 12.2 Å². The zero-order chi connectivity index (χ0) is 24.4. The lowest BCUT2D eigenvalue weighted by Crippen LogP contribution is -2.42. The van der Waals surface area contributed by atoms with Gasteiger partial charge in [0.25, 0.3) is 0 Å². The number of aromatic amines is 1. The molecule has 0 atom stereocenters. The van der Waals surface area contributed by atoms with Crippen LogP contribution in [-0.2, 0) is 14.3 Å². The highest BCUT2D eigenvalue weighted by molar-refractivity contribution is 5.77. The number of rotatable bonds is 6. The number of carboxylic acid groups (broad SMARTS) is 1. The molecule has 5 rings (SSSR count). The predicted octanol–water partition coefficient (Wildman–Crippen LogP) is 3.95. The van der Waals surface area contributed by atoms with Gasteiger partial charge in [-0.25, -0.2) is 19.3 Å². The largest absolute Gasteiger partial charge is 0.481 e. The summed E-state index contributed by atoms with van der Waals surface area (Å²) in [5.41, 5.74) is 1.79. The van der Waals surface area contributed by atoms with E-state index in [4.69, 9.17) is 9.47 Å². The number of ether oxygens (including phenoxy) is 2. The first-order chi connectivity index (χ1) is 16.9. The van der Waals surface area contributed by atoms with Gasteiger partial charge in [-0.2, -0.15) is 0 Å². The Morgan fingerprint density at radius 2 is 1.91 bits per heavy atom. The van der Waals surface area contributed by atoms with Crippen LogP contribution in [0.5, 0.6) is 0 Å². The van der Waals surface area contributed by atoms with Crippen LogP contribution in [0.4, 0.5) is 16.0 Å². The molecule has 178 valence electrons. The number of anilines is 2. The zero-order valence-corrected chi connectivity index (χ0v) is 18.6. The van der Waals surface area contributed by atoms with Crippen molar-refractivity contribution >= 4 is 17.6 Å². The Balaban J connectivity index is 1.50. The number of nitrogens with one attached hydrogen (secondary N) is 2. The summed E-state index contributed by atoms with van der Waals surface area (Å²) in [6.07, 6.45) is 4.02. The lowest BCUT2D eigenvalue weighted by molar-refractivity contribution is -0.236. The van der Waals surface area contributed by atoms with Gasteiger partial charge in [-0.05, 0) is 49.4 Å². The highest BCUT2D eigenvalue weighted by atomic mass is 19.1. The summed E-state index contributed by atoms with van der Waals surface area (Å²) in [5.74, 6) is -0.688. The molecule has 0 spiro atoms. The van der Waals surface area contributed by atoms with Crippen LogP contribution in [0.25, 0.3) is 22.6 Å². The van der Waals surface area contributed by atoms with Crippen molar-refractivity contribution in [2.45, 2.75) is 13.2 Å². The summed E-state index contributed by atoms with van der Waals surface area (Å²) < 4.78 is 25.0. The molecule has 1 fully saturated rings. The van der Waals surface area contributed by atoms with Crippen LogP contribution in [0.15, 0.2) is 61.1 Å². The van der Waals surface area contributed by atoms with Crippen molar-refractivity contribution in [1.82, 2.24) is 24.9 Å². The van der Waals surface area contributed by atoms with Crippen LogP contribution in [-0.4, -0.2) is 49.2 Å². The zero-order valence-electron chi connectivity index (χ0n) is 18.6. The quantitative estimate of drug-likeness (QED) is 0.378. The molecule has 11 heteroatoms. The number of aromatic nitrogens is 5. The monoisotopic (exact) mass is 476 g/mol. The number of halogens is 1. The fourth-order valence-corrected chi connectivity index (χ4v) is 3.52. The highest BCUT2D eigenvalue weighted by Gasteiger charge is 2.41. The number of nitrogens with zero attached hydrogens (tertiary/aromatic N) is 4. The third-order valence-electron chi connectivity index (χ3n) is 5.52. The number of benzene rings is 1. The van der Waals surface area contributed by atoms with E-state index in [-0.39, 0.29) is 19.0 Å². The maximum absolute atomic E-state index is 13.6. The first-order valence-corrected chi connectivity index (χ1v) is 10.7. The van der Waals surface area contributed by atoms with E-state index in [0.29, 0.717) is 34.4 Å². The van der Waals surface area contributed by atoms with Gasteiger partial charge in [0, 0.05) is 18.0 Å².